The van der Waals surface area contributed by atoms with Crippen LogP contribution >= 0.6 is 0 Å². The Bertz CT molecular complexity index is 1040. The van der Waals surface area contributed by atoms with Gasteiger partial charge in [0.05, 0.1) is 30.1 Å². The van der Waals surface area contributed by atoms with Crippen LogP contribution in [0.25, 0.3) is 0 Å². The Labute approximate surface area is 198 Å². The van der Waals surface area contributed by atoms with Gasteiger partial charge in [-0.2, -0.15) is 0 Å². The molecule has 1 aliphatic rings. The van der Waals surface area contributed by atoms with Gasteiger partial charge in [0.15, 0.2) is 0 Å². The van der Waals surface area contributed by atoms with Gasteiger partial charge < -0.3 is 20.1 Å². The number of benzene rings is 1. The number of rotatable bonds is 9. The minimum Gasteiger partial charge on any atom is -0.466 e. The first-order chi connectivity index (χ1) is 16.0. The van der Waals surface area contributed by atoms with Crippen LogP contribution in [0.5, 0.6) is 0 Å². The molecule has 1 heterocycles. The van der Waals surface area contributed by atoms with Crippen LogP contribution in [-0.2, 0) is 23.9 Å². The fourth-order valence-corrected chi connectivity index (χ4v) is 3.99. The Morgan fingerprint density at radius 3 is 2.38 bits per heavy atom. The van der Waals surface area contributed by atoms with E-state index >= 15 is 0 Å². The van der Waals surface area contributed by atoms with Crippen molar-refractivity contribution < 1.29 is 28.8 Å². The van der Waals surface area contributed by atoms with E-state index in [-0.39, 0.29) is 29.4 Å². The summed E-state index contributed by atoms with van der Waals surface area (Å²) < 4.78 is 10.1. The van der Waals surface area contributed by atoms with Gasteiger partial charge in [0.2, 0.25) is 0 Å². The zero-order valence-corrected chi connectivity index (χ0v) is 20.3. The summed E-state index contributed by atoms with van der Waals surface area (Å²) in [6, 6.07) is 4.85. The van der Waals surface area contributed by atoms with Gasteiger partial charge in [-0.25, -0.2) is 9.59 Å². The number of dihydropyridines is 1. The number of carbonyl (C=O) groups is 3. The molecule has 10 heteroatoms. The standard InChI is InChI=1S/C24H31N3O7/c1-7-34-23(29)18(11-13(2)3)26-22(28)19-14(4)25-15(5)20(24(30)33-6)21(19)16-9-8-10-17(12-16)27(31)32/h8-10,12-13,18,21,25H,7,11H2,1-6H3,(H,26,28)/t18-,21+/m1/s1. The van der Waals surface area contributed by atoms with Gasteiger partial charge >= 0.3 is 11.9 Å². The molecule has 1 aromatic rings. The first kappa shape index (κ1) is 26.6. The number of carbonyl (C=O) groups excluding carboxylic acids is 3. The maximum atomic E-state index is 13.5. The van der Waals surface area contributed by atoms with Crippen molar-refractivity contribution in [3.05, 3.63) is 62.5 Å². The number of hydrogen-bond donors (Lipinski definition) is 2. The topological polar surface area (TPSA) is 137 Å². The van der Waals surface area contributed by atoms with Gasteiger partial charge in [-0.3, -0.25) is 14.9 Å². The molecule has 1 aliphatic heterocycles. The number of nitro benzene ring substituents is 1. The van der Waals surface area contributed by atoms with Gasteiger partial charge in [0.25, 0.3) is 11.6 Å². The highest BCUT2D eigenvalue weighted by Gasteiger charge is 2.38. The molecule has 0 saturated carbocycles. The second-order valence-corrected chi connectivity index (χ2v) is 8.39. The molecule has 1 amide bonds. The summed E-state index contributed by atoms with van der Waals surface area (Å²) in [7, 11) is 1.22. The highest BCUT2D eigenvalue weighted by atomic mass is 16.6. The number of ether oxygens (including phenoxy) is 2. The van der Waals surface area contributed by atoms with E-state index in [1.807, 2.05) is 13.8 Å². The summed E-state index contributed by atoms with van der Waals surface area (Å²) in [5, 5.41) is 17.2. The van der Waals surface area contributed by atoms with Gasteiger partial charge in [-0.1, -0.05) is 26.0 Å². The van der Waals surface area contributed by atoms with Crippen LogP contribution in [0.4, 0.5) is 5.69 Å². The van der Waals surface area contributed by atoms with Gasteiger partial charge in [-0.05, 0) is 38.7 Å². The highest BCUT2D eigenvalue weighted by molar-refractivity contribution is 6.03. The van der Waals surface area contributed by atoms with Gasteiger partial charge in [-0.15, -0.1) is 0 Å². The van der Waals surface area contributed by atoms with Crippen molar-refractivity contribution in [1.82, 2.24) is 10.6 Å². The number of nitrogens with zero attached hydrogens (tertiary/aromatic N) is 1. The fraction of sp³-hybridized carbons (Fsp3) is 0.458. The molecule has 0 unspecified atom stereocenters. The average Bonchev–Trinajstić information content (AvgIpc) is 2.77. The molecule has 2 rings (SSSR count). The summed E-state index contributed by atoms with van der Waals surface area (Å²) in [6.45, 7) is 9.00. The lowest BCUT2D eigenvalue weighted by Gasteiger charge is -2.31. The van der Waals surface area contributed by atoms with E-state index in [0.29, 0.717) is 23.4 Å². The normalized spacial score (nSPS) is 16.6. The molecular formula is C24H31N3O7. The van der Waals surface area contributed by atoms with Crippen LogP contribution < -0.4 is 10.6 Å². The van der Waals surface area contributed by atoms with Gasteiger partial charge in [0.1, 0.15) is 6.04 Å². The van der Waals surface area contributed by atoms with Crippen molar-refractivity contribution in [2.45, 2.75) is 53.0 Å². The predicted octanol–water partition coefficient (Wildman–Crippen LogP) is 3.10. The monoisotopic (exact) mass is 473 g/mol. The maximum absolute atomic E-state index is 13.5. The lowest BCUT2D eigenvalue weighted by atomic mass is 9.79. The smallest absolute Gasteiger partial charge is 0.336 e. The predicted molar refractivity (Wildman–Crippen MR) is 124 cm³/mol. The van der Waals surface area contributed by atoms with Crippen molar-refractivity contribution in [1.29, 1.82) is 0 Å². The molecule has 2 N–H and O–H groups in total. The van der Waals surface area contributed by atoms with E-state index in [4.69, 9.17) is 9.47 Å². The van der Waals surface area contributed by atoms with Crippen LogP contribution in [-0.4, -0.2) is 42.5 Å². The maximum Gasteiger partial charge on any atom is 0.336 e. The Kier molecular flexibility index (Phi) is 8.94. The van der Waals surface area contributed by atoms with Crippen LogP contribution in [0.3, 0.4) is 0 Å². The van der Waals surface area contributed by atoms with E-state index in [1.165, 1.54) is 25.3 Å². The third-order valence-electron chi connectivity index (χ3n) is 5.41. The Morgan fingerprint density at radius 1 is 1.18 bits per heavy atom. The molecule has 0 bridgehead atoms. The molecule has 1 aromatic carbocycles. The Morgan fingerprint density at radius 2 is 1.82 bits per heavy atom. The van der Waals surface area contributed by atoms with Crippen molar-refractivity contribution in [2.24, 2.45) is 5.92 Å². The number of nitrogens with one attached hydrogen (secondary N) is 2. The highest BCUT2D eigenvalue weighted by Crippen LogP contribution is 2.39. The summed E-state index contributed by atoms with van der Waals surface area (Å²) in [4.78, 5) is 49.6. The van der Waals surface area contributed by atoms with Crippen molar-refractivity contribution in [2.75, 3.05) is 13.7 Å². The number of methoxy groups -OCH3 is 1. The van der Waals surface area contributed by atoms with Crippen molar-refractivity contribution >= 4 is 23.5 Å². The molecule has 0 aliphatic carbocycles. The Hall–Kier alpha value is -3.69. The van der Waals surface area contributed by atoms with E-state index in [1.54, 1.807) is 26.8 Å². The van der Waals surface area contributed by atoms with E-state index in [0.717, 1.165) is 0 Å². The molecule has 0 fully saturated rings. The molecular weight excluding hydrogens is 442 g/mol. The number of amides is 1. The number of esters is 2. The minimum atomic E-state index is -0.949. The molecule has 0 saturated heterocycles. The number of allylic oxidation sites excluding steroid dienone is 2. The summed E-state index contributed by atoms with van der Waals surface area (Å²) >= 11 is 0. The molecule has 0 radical (unpaired) electrons. The van der Waals surface area contributed by atoms with E-state index in [9.17, 15) is 24.5 Å². The van der Waals surface area contributed by atoms with E-state index < -0.39 is 34.7 Å². The molecule has 0 aromatic heterocycles. The molecule has 10 nitrogen and oxygen atoms in total. The summed E-state index contributed by atoms with van der Waals surface area (Å²) in [6.07, 6.45) is 0.352. The number of nitro groups is 1. The minimum absolute atomic E-state index is 0.0922. The SMILES string of the molecule is CCOC(=O)[C@@H](CC(C)C)NC(=O)C1=C(C)NC(C)=C(C(=O)OC)[C@H]1c1cccc([N+](=O)[O-])c1. The first-order valence-corrected chi connectivity index (χ1v) is 11.0. The van der Waals surface area contributed by atoms with Crippen molar-refractivity contribution in [3.63, 3.8) is 0 Å². The zero-order valence-electron chi connectivity index (χ0n) is 20.3. The van der Waals surface area contributed by atoms with Crippen LogP contribution in [0.15, 0.2) is 46.8 Å². The number of non-ortho nitro benzene ring substituents is 1. The molecule has 2 atom stereocenters. The summed E-state index contributed by atoms with van der Waals surface area (Å²) in [5.41, 5.74) is 1.41. The van der Waals surface area contributed by atoms with Crippen LogP contribution in [0, 0.1) is 16.0 Å². The zero-order chi connectivity index (χ0) is 25.6. The van der Waals surface area contributed by atoms with E-state index in [2.05, 4.69) is 10.6 Å². The molecule has 0 spiro atoms. The lowest BCUT2D eigenvalue weighted by molar-refractivity contribution is -0.384. The second-order valence-electron chi connectivity index (χ2n) is 8.39. The Balaban J connectivity index is 2.60. The molecule has 184 valence electrons. The average molecular weight is 474 g/mol. The summed E-state index contributed by atoms with van der Waals surface area (Å²) in [5.74, 6) is -2.68. The van der Waals surface area contributed by atoms with Crippen LogP contribution in [0.2, 0.25) is 0 Å². The number of hydrogen-bond acceptors (Lipinski definition) is 8. The first-order valence-electron chi connectivity index (χ1n) is 11.0. The van der Waals surface area contributed by atoms with Crippen LogP contribution in [0.1, 0.15) is 52.5 Å². The third-order valence-corrected chi connectivity index (χ3v) is 5.41. The largest absolute Gasteiger partial charge is 0.466 e. The lowest BCUT2D eigenvalue weighted by Crippen LogP contribution is -2.45. The third kappa shape index (κ3) is 6.00. The van der Waals surface area contributed by atoms with Gasteiger partial charge in [0, 0.05) is 29.1 Å². The second kappa shape index (κ2) is 11.4. The van der Waals surface area contributed by atoms with Crippen molar-refractivity contribution in [3.8, 4) is 0 Å². The molecule has 34 heavy (non-hydrogen) atoms. The fourth-order valence-electron chi connectivity index (χ4n) is 3.99. The quantitative estimate of drug-likeness (QED) is 0.317.